The lowest BCUT2D eigenvalue weighted by Crippen LogP contribution is -2.35. The van der Waals surface area contributed by atoms with Gasteiger partial charge in [0.25, 0.3) is 11.6 Å². The minimum absolute atomic E-state index is 0.0331. The Balaban J connectivity index is 2.10. The molecule has 0 unspecified atom stereocenters. The van der Waals surface area contributed by atoms with Gasteiger partial charge >= 0.3 is 0 Å². The zero-order valence-electron chi connectivity index (χ0n) is 9.63. The molecular formula is C12H16N3O2+. The third-order valence-corrected chi connectivity index (χ3v) is 3.01. The lowest BCUT2D eigenvalue weighted by Gasteiger charge is -2.26. The van der Waals surface area contributed by atoms with Crippen LogP contribution in [0.15, 0.2) is 24.3 Å². The van der Waals surface area contributed by atoms with Crippen LogP contribution in [0.5, 0.6) is 0 Å². The molecule has 1 aromatic carbocycles. The van der Waals surface area contributed by atoms with Gasteiger partial charge in [0.05, 0.1) is 4.91 Å². The third kappa shape index (κ3) is 2.61. The second-order valence-electron chi connectivity index (χ2n) is 4.23. The molecule has 0 saturated carbocycles. The summed E-state index contributed by atoms with van der Waals surface area (Å²) in [4.78, 5) is 25.1. The fourth-order valence-electron chi connectivity index (χ4n) is 2.03. The number of piperidine rings is 1. The van der Waals surface area contributed by atoms with Gasteiger partial charge in [0, 0.05) is 30.8 Å². The Morgan fingerprint density at radius 1 is 1.12 bits per heavy atom. The minimum Gasteiger partial charge on any atom is -0.339 e. The van der Waals surface area contributed by atoms with Crippen LogP contribution in [0.4, 0.5) is 5.69 Å². The van der Waals surface area contributed by atoms with Gasteiger partial charge in [-0.3, -0.25) is 4.79 Å². The number of benzene rings is 1. The molecule has 2 rings (SSSR count). The number of carbonyl (C=O) groups is 1. The van der Waals surface area contributed by atoms with Gasteiger partial charge in [-0.15, -0.1) is 0 Å². The molecule has 1 fully saturated rings. The average molecular weight is 234 g/mol. The first-order chi connectivity index (χ1) is 8.18. The SMILES string of the molecule is N[N+](=O)c1ccc(C(=O)N2CCCCC2)cc1. The fourth-order valence-corrected chi connectivity index (χ4v) is 2.03. The molecule has 2 N–H and O–H groups in total. The molecule has 0 aliphatic carbocycles. The van der Waals surface area contributed by atoms with E-state index in [0.29, 0.717) is 11.3 Å². The molecule has 1 aromatic rings. The normalized spacial score (nSPS) is 15.6. The molecule has 17 heavy (non-hydrogen) atoms. The van der Waals surface area contributed by atoms with Crippen LogP contribution in [-0.4, -0.2) is 28.8 Å². The smallest absolute Gasteiger partial charge is 0.291 e. The van der Waals surface area contributed by atoms with E-state index in [1.807, 2.05) is 4.90 Å². The van der Waals surface area contributed by atoms with Crippen molar-refractivity contribution in [3.05, 3.63) is 34.7 Å². The van der Waals surface area contributed by atoms with Crippen LogP contribution in [0.2, 0.25) is 0 Å². The van der Waals surface area contributed by atoms with Gasteiger partial charge in [0.2, 0.25) is 0 Å². The van der Waals surface area contributed by atoms with Crippen molar-refractivity contribution >= 4 is 11.6 Å². The standard InChI is InChI=1S/C12H16N3O2/c13-15(17)11-6-4-10(5-7-11)12(16)14-8-2-1-3-9-14/h4-7H,1-3,8-9H2,(H2,13,17)/q+1. The highest BCUT2D eigenvalue weighted by atomic mass is 16.3. The van der Waals surface area contributed by atoms with E-state index in [4.69, 9.17) is 5.84 Å². The largest absolute Gasteiger partial charge is 0.339 e. The van der Waals surface area contributed by atoms with Crippen LogP contribution < -0.4 is 5.84 Å². The minimum atomic E-state index is 0.0331. The molecule has 1 aliphatic rings. The van der Waals surface area contributed by atoms with Gasteiger partial charge < -0.3 is 4.90 Å². The summed E-state index contributed by atoms with van der Waals surface area (Å²) in [7, 11) is 0. The topological polar surface area (TPSA) is 66.4 Å². The Kier molecular flexibility index (Phi) is 3.37. The van der Waals surface area contributed by atoms with E-state index in [0.717, 1.165) is 25.9 Å². The van der Waals surface area contributed by atoms with Crippen molar-refractivity contribution < 1.29 is 9.66 Å². The van der Waals surface area contributed by atoms with Gasteiger partial charge in [-0.25, -0.2) is 0 Å². The van der Waals surface area contributed by atoms with E-state index in [2.05, 4.69) is 0 Å². The van der Waals surface area contributed by atoms with Crippen LogP contribution >= 0.6 is 0 Å². The molecule has 1 heterocycles. The van der Waals surface area contributed by atoms with Crippen molar-refractivity contribution in [3.8, 4) is 0 Å². The van der Waals surface area contributed by atoms with E-state index in [1.54, 1.807) is 24.3 Å². The van der Waals surface area contributed by atoms with Crippen molar-refractivity contribution in [2.75, 3.05) is 13.1 Å². The molecule has 5 heteroatoms. The van der Waals surface area contributed by atoms with E-state index < -0.39 is 0 Å². The Morgan fingerprint density at radius 3 is 2.24 bits per heavy atom. The quantitative estimate of drug-likeness (QED) is 0.480. The fraction of sp³-hybridized carbons (Fsp3) is 0.417. The second-order valence-corrected chi connectivity index (χ2v) is 4.23. The molecule has 0 spiro atoms. The molecule has 1 saturated heterocycles. The third-order valence-electron chi connectivity index (χ3n) is 3.01. The molecule has 1 aliphatic heterocycles. The van der Waals surface area contributed by atoms with Crippen LogP contribution in [0.1, 0.15) is 29.6 Å². The monoisotopic (exact) mass is 234 g/mol. The zero-order valence-corrected chi connectivity index (χ0v) is 9.63. The van der Waals surface area contributed by atoms with E-state index >= 15 is 0 Å². The highest BCUT2D eigenvalue weighted by Gasteiger charge is 2.19. The van der Waals surface area contributed by atoms with Crippen LogP contribution in [0, 0.1) is 4.91 Å². The lowest BCUT2D eigenvalue weighted by atomic mass is 10.1. The summed E-state index contributed by atoms with van der Waals surface area (Å²) in [6.45, 7) is 1.65. The summed E-state index contributed by atoms with van der Waals surface area (Å²) in [5.41, 5.74) is 0.956. The number of nitrogens with two attached hydrogens (primary N) is 1. The van der Waals surface area contributed by atoms with E-state index in [9.17, 15) is 9.70 Å². The van der Waals surface area contributed by atoms with Gasteiger partial charge in [0.1, 0.15) is 0 Å². The molecule has 0 radical (unpaired) electrons. The Hall–Kier alpha value is -1.91. The van der Waals surface area contributed by atoms with Crippen molar-refractivity contribution in [2.45, 2.75) is 19.3 Å². The van der Waals surface area contributed by atoms with Crippen LogP contribution in [-0.2, 0) is 0 Å². The lowest BCUT2D eigenvalue weighted by molar-refractivity contribution is -0.474. The highest BCUT2D eigenvalue weighted by molar-refractivity contribution is 5.94. The van der Waals surface area contributed by atoms with Crippen molar-refractivity contribution in [2.24, 2.45) is 5.84 Å². The number of likely N-dealkylation sites (tertiary alicyclic amines) is 1. The maximum atomic E-state index is 12.1. The summed E-state index contributed by atoms with van der Waals surface area (Å²) in [6, 6.07) is 6.41. The molecular weight excluding hydrogens is 218 g/mol. The van der Waals surface area contributed by atoms with Gasteiger partial charge in [-0.1, -0.05) is 0 Å². The van der Waals surface area contributed by atoms with Crippen LogP contribution in [0.25, 0.3) is 0 Å². The number of nitroso groups, excluding NO2 is 1. The first-order valence-electron chi connectivity index (χ1n) is 5.80. The number of carbonyl (C=O) groups excluding carboxylic acids is 1. The molecule has 0 atom stereocenters. The molecule has 5 nitrogen and oxygen atoms in total. The number of amides is 1. The predicted octanol–water partition coefficient (Wildman–Crippen LogP) is 1.60. The molecule has 90 valence electrons. The highest BCUT2D eigenvalue weighted by Crippen LogP contribution is 2.15. The second kappa shape index (κ2) is 4.95. The number of hydrogen-bond donors (Lipinski definition) is 1. The van der Waals surface area contributed by atoms with Gasteiger partial charge in [-0.05, 0) is 31.4 Å². The van der Waals surface area contributed by atoms with Crippen LogP contribution in [0.3, 0.4) is 0 Å². The number of nitrogens with zero attached hydrogens (tertiary/aromatic N) is 2. The predicted molar refractivity (Wildman–Crippen MR) is 63.7 cm³/mol. The average Bonchev–Trinajstić information content (AvgIpc) is 2.39. The summed E-state index contributed by atoms with van der Waals surface area (Å²) >= 11 is 0. The maximum Gasteiger partial charge on any atom is 0.291 e. The zero-order chi connectivity index (χ0) is 12.3. The maximum absolute atomic E-state index is 12.1. The summed E-state index contributed by atoms with van der Waals surface area (Å²) in [5.74, 6) is 5.10. The molecule has 1 amide bonds. The van der Waals surface area contributed by atoms with Crippen molar-refractivity contribution in [3.63, 3.8) is 0 Å². The van der Waals surface area contributed by atoms with Crippen molar-refractivity contribution in [1.29, 1.82) is 0 Å². The summed E-state index contributed by atoms with van der Waals surface area (Å²) < 4.78 is 0. The number of rotatable bonds is 2. The van der Waals surface area contributed by atoms with Gasteiger partial charge in [-0.2, -0.15) is 5.84 Å². The van der Waals surface area contributed by atoms with E-state index in [-0.39, 0.29) is 10.8 Å². The summed E-state index contributed by atoms with van der Waals surface area (Å²) in [6.07, 6.45) is 3.34. The van der Waals surface area contributed by atoms with Gasteiger partial charge in [0.15, 0.2) is 4.87 Å². The summed E-state index contributed by atoms with van der Waals surface area (Å²) in [5, 5.41) is 0. The molecule has 0 aromatic heterocycles. The molecule has 0 bridgehead atoms. The first-order valence-corrected chi connectivity index (χ1v) is 5.80. The first kappa shape index (κ1) is 11.6. The number of hydrogen-bond acceptors (Lipinski definition) is 2. The Morgan fingerprint density at radius 2 is 1.71 bits per heavy atom. The number of hydrazine groups is 1. The van der Waals surface area contributed by atoms with Crippen molar-refractivity contribution in [1.82, 2.24) is 4.90 Å². The van der Waals surface area contributed by atoms with E-state index in [1.165, 1.54) is 6.42 Å². The Labute approximate surface area is 99.8 Å². The Bertz CT molecular complexity index is 422.